The third-order valence-corrected chi connectivity index (χ3v) is 16.9. The van der Waals surface area contributed by atoms with Crippen LogP contribution in [0.5, 0.6) is 0 Å². The summed E-state index contributed by atoms with van der Waals surface area (Å²) in [7, 11) is 0. The van der Waals surface area contributed by atoms with Gasteiger partial charge < -0.3 is 4.90 Å². The first kappa shape index (κ1) is 28.9. The molecule has 0 saturated heterocycles. The maximum atomic E-state index is 2.62. The quantitative estimate of drug-likeness (QED) is 0.188. The van der Waals surface area contributed by atoms with Crippen molar-refractivity contribution in [1.29, 1.82) is 0 Å². The van der Waals surface area contributed by atoms with Crippen LogP contribution in [0.1, 0.15) is 75.6 Å². The Labute approximate surface area is 301 Å². The second-order valence-corrected chi connectivity index (χ2v) is 19.4. The van der Waals surface area contributed by atoms with Crippen molar-refractivity contribution in [2.75, 3.05) is 4.90 Å². The molecule has 7 aliphatic rings. The molecule has 0 amide bonds. The van der Waals surface area contributed by atoms with Crippen LogP contribution in [-0.2, 0) is 16.2 Å². The molecule has 0 radical (unpaired) electrons. The van der Waals surface area contributed by atoms with Crippen LogP contribution in [0.25, 0.3) is 11.1 Å². The Balaban J connectivity index is 1.07. The SMILES string of the molecule is CC1(C)CCC(C)(C)c2cc(N(c3ccc(-c4ccccc4)cc3)c3cccc4c3Sc3ccccc3C43C4CC5CC46C4C5C4C36)ccc21. The second-order valence-electron chi connectivity index (χ2n) is 18.4. The molecule has 5 saturated carbocycles. The molecule has 5 aromatic rings. The van der Waals surface area contributed by atoms with E-state index in [1.807, 2.05) is 11.8 Å². The van der Waals surface area contributed by atoms with Gasteiger partial charge in [0.05, 0.1) is 5.69 Å². The second kappa shape index (κ2) is 9.18. The van der Waals surface area contributed by atoms with E-state index in [0.717, 1.165) is 35.5 Å². The Bertz CT molecular complexity index is 2250. The van der Waals surface area contributed by atoms with Gasteiger partial charge >= 0.3 is 0 Å². The number of hydrogen-bond donors (Lipinski definition) is 0. The summed E-state index contributed by atoms with van der Waals surface area (Å²) in [4.78, 5) is 5.61. The third kappa shape index (κ3) is 3.22. The Hall–Kier alpha value is -3.75. The summed E-state index contributed by atoms with van der Waals surface area (Å²) in [5, 5.41) is 0. The van der Waals surface area contributed by atoms with E-state index in [0.29, 0.717) is 5.41 Å². The van der Waals surface area contributed by atoms with E-state index in [1.165, 1.54) is 74.8 Å². The average molecular weight is 668 g/mol. The maximum Gasteiger partial charge on any atom is 0.0604 e. The predicted octanol–water partition coefficient (Wildman–Crippen LogP) is 12.5. The van der Waals surface area contributed by atoms with Gasteiger partial charge in [-0.3, -0.25) is 0 Å². The lowest BCUT2D eigenvalue weighted by molar-refractivity contribution is -0.200. The van der Waals surface area contributed by atoms with E-state index in [2.05, 4.69) is 148 Å². The molecular formula is C48H45NS. The minimum Gasteiger partial charge on any atom is -0.309 e. The fourth-order valence-electron chi connectivity index (χ4n) is 13.8. The normalized spacial score (nSPS) is 34.5. The number of rotatable bonds is 4. The molecule has 5 fully saturated rings. The Morgan fingerprint density at radius 2 is 1.32 bits per heavy atom. The summed E-state index contributed by atoms with van der Waals surface area (Å²) < 4.78 is 0. The van der Waals surface area contributed by atoms with Crippen molar-refractivity contribution in [3.8, 4) is 11.1 Å². The number of fused-ring (bicyclic) bond motifs is 11. The fraction of sp³-hybridized carbons (Fsp3) is 0.375. The predicted molar refractivity (Wildman–Crippen MR) is 206 cm³/mol. The first-order valence-electron chi connectivity index (χ1n) is 19.3. The highest BCUT2D eigenvalue weighted by atomic mass is 32.2. The van der Waals surface area contributed by atoms with Crippen LogP contribution in [0, 0.1) is 40.9 Å². The zero-order chi connectivity index (χ0) is 33.4. The number of hydrogen-bond acceptors (Lipinski definition) is 2. The topological polar surface area (TPSA) is 3.24 Å². The van der Waals surface area contributed by atoms with Crippen molar-refractivity contribution >= 4 is 28.8 Å². The van der Waals surface area contributed by atoms with Gasteiger partial charge in [-0.25, -0.2) is 0 Å². The molecule has 1 nitrogen and oxygen atoms in total. The maximum absolute atomic E-state index is 2.62. The van der Waals surface area contributed by atoms with Crippen LogP contribution < -0.4 is 4.90 Å². The molecule has 8 atom stereocenters. The van der Waals surface area contributed by atoms with Gasteiger partial charge in [0.1, 0.15) is 0 Å². The Kier molecular flexibility index (Phi) is 5.30. The third-order valence-electron chi connectivity index (χ3n) is 15.7. The van der Waals surface area contributed by atoms with Crippen molar-refractivity contribution in [1.82, 2.24) is 0 Å². The lowest BCUT2D eigenvalue weighted by Gasteiger charge is -2.74. The fourth-order valence-corrected chi connectivity index (χ4v) is 15.1. The highest BCUT2D eigenvalue weighted by Gasteiger charge is 2.98. The summed E-state index contributed by atoms with van der Waals surface area (Å²) in [5.74, 6) is 5.75. The minimum atomic E-state index is 0.142. The van der Waals surface area contributed by atoms with Crippen LogP contribution in [0.15, 0.2) is 125 Å². The first-order valence-corrected chi connectivity index (χ1v) is 20.1. The minimum absolute atomic E-state index is 0.142. The summed E-state index contributed by atoms with van der Waals surface area (Å²) >= 11 is 2.05. The highest BCUT2D eigenvalue weighted by molar-refractivity contribution is 7.99. The van der Waals surface area contributed by atoms with Gasteiger partial charge in [-0.05, 0) is 147 Å². The molecule has 5 aromatic carbocycles. The van der Waals surface area contributed by atoms with E-state index < -0.39 is 0 Å². The molecule has 1 heterocycles. The standard InChI is InChI=1S/C48H45NS/c1-45(2)23-24-46(3,4)36-26-32(21-22-33(36)45)49(31-19-17-29(18-20-31)28-11-6-5-7-12-28)37-15-10-14-35-43(37)50-38-16-9-8-13-34(38)48(35)39-25-30-27-47(39)42-40(30)41(42)44(47)48/h5-22,26,30,39-42,44H,23-25,27H2,1-4H3. The van der Waals surface area contributed by atoms with Gasteiger partial charge in [0, 0.05) is 26.6 Å². The van der Waals surface area contributed by atoms with Gasteiger partial charge in [-0.15, -0.1) is 0 Å². The number of nitrogens with zero attached hydrogens (tertiary/aromatic N) is 1. The van der Waals surface area contributed by atoms with Gasteiger partial charge in [0.2, 0.25) is 0 Å². The van der Waals surface area contributed by atoms with Gasteiger partial charge in [0.15, 0.2) is 0 Å². The van der Waals surface area contributed by atoms with Crippen molar-refractivity contribution < 1.29 is 0 Å². The molecule has 248 valence electrons. The number of anilines is 3. The van der Waals surface area contributed by atoms with Gasteiger partial charge in [-0.1, -0.05) is 118 Å². The molecule has 50 heavy (non-hydrogen) atoms. The molecule has 2 spiro atoms. The highest BCUT2D eigenvalue weighted by Crippen LogP contribution is 3.01. The van der Waals surface area contributed by atoms with Crippen molar-refractivity contribution in [3.63, 3.8) is 0 Å². The number of benzene rings is 5. The summed E-state index contributed by atoms with van der Waals surface area (Å²) in [6, 6.07) is 44.6. The van der Waals surface area contributed by atoms with Crippen molar-refractivity contribution in [2.45, 2.75) is 79.4 Å². The van der Waals surface area contributed by atoms with Crippen LogP contribution in [0.3, 0.4) is 0 Å². The lowest BCUT2D eigenvalue weighted by atomic mass is 9.29. The molecule has 1 aliphatic heterocycles. The average Bonchev–Trinajstić information content (AvgIpc) is 3.61. The molecule has 12 rings (SSSR count). The molecular weight excluding hydrogens is 623 g/mol. The van der Waals surface area contributed by atoms with Gasteiger partial charge in [0.25, 0.3) is 0 Å². The first-order chi connectivity index (χ1) is 24.2. The zero-order valence-electron chi connectivity index (χ0n) is 29.6. The van der Waals surface area contributed by atoms with Crippen molar-refractivity contribution in [2.24, 2.45) is 40.9 Å². The van der Waals surface area contributed by atoms with E-state index in [4.69, 9.17) is 0 Å². The van der Waals surface area contributed by atoms with Crippen LogP contribution in [0.2, 0.25) is 0 Å². The summed E-state index contributed by atoms with van der Waals surface area (Å²) in [5.41, 5.74) is 13.9. The summed E-state index contributed by atoms with van der Waals surface area (Å²) in [6.45, 7) is 9.80. The molecule has 8 unspecified atom stereocenters. The van der Waals surface area contributed by atoms with E-state index >= 15 is 0 Å². The molecule has 2 heteroatoms. The zero-order valence-corrected chi connectivity index (χ0v) is 30.4. The largest absolute Gasteiger partial charge is 0.309 e. The van der Waals surface area contributed by atoms with Gasteiger partial charge in [-0.2, -0.15) is 0 Å². The smallest absolute Gasteiger partial charge is 0.0604 e. The van der Waals surface area contributed by atoms with E-state index in [9.17, 15) is 0 Å². The van der Waals surface area contributed by atoms with Crippen LogP contribution in [-0.4, -0.2) is 0 Å². The molecule has 0 N–H and O–H groups in total. The van der Waals surface area contributed by atoms with Crippen LogP contribution in [0.4, 0.5) is 17.1 Å². The molecule has 2 bridgehead atoms. The lowest BCUT2D eigenvalue weighted by Crippen LogP contribution is -2.72. The van der Waals surface area contributed by atoms with E-state index in [-0.39, 0.29) is 16.2 Å². The molecule has 6 aliphatic carbocycles. The summed E-state index contributed by atoms with van der Waals surface area (Å²) in [6.07, 6.45) is 5.43. The van der Waals surface area contributed by atoms with E-state index in [1.54, 1.807) is 11.1 Å². The Morgan fingerprint density at radius 1 is 0.620 bits per heavy atom. The van der Waals surface area contributed by atoms with Crippen LogP contribution >= 0.6 is 11.8 Å². The Morgan fingerprint density at radius 3 is 2.12 bits per heavy atom. The van der Waals surface area contributed by atoms with Crippen molar-refractivity contribution in [3.05, 3.63) is 138 Å². The monoisotopic (exact) mass is 667 g/mol. The molecule has 0 aromatic heterocycles.